The number of thiazole rings is 1. The molecule has 2 aromatic rings. The minimum absolute atomic E-state index is 0.0853. The summed E-state index contributed by atoms with van der Waals surface area (Å²) in [5.41, 5.74) is 8.11. The van der Waals surface area contributed by atoms with Crippen LogP contribution in [-0.2, 0) is 6.54 Å². The van der Waals surface area contributed by atoms with E-state index in [-0.39, 0.29) is 11.3 Å². The fourth-order valence-electron chi connectivity index (χ4n) is 2.87. The van der Waals surface area contributed by atoms with Gasteiger partial charge < -0.3 is 10.6 Å². The molecule has 0 aromatic carbocycles. The summed E-state index contributed by atoms with van der Waals surface area (Å²) in [6, 6.07) is 1.20. The number of primary amides is 1. The highest BCUT2D eigenvalue weighted by molar-refractivity contribution is 7.07. The van der Waals surface area contributed by atoms with Crippen molar-refractivity contribution in [1.82, 2.24) is 14.9 Å². The number of hydrogen-bond donors (Lipinski definition) is 1. The van der Waals surface area contributed by atoms with Crippen LogP contribution in [0.2, 0.25) is 0 Å². The monoisotopic (exact) mass is 362 g/mol. The largest absolute Gasteiger partial charge is 0.365 e. The van der Waals surface area contributed by atoms with Crippen LogP contribution in [0.5, 0.6) is 0 Å². The second-order valence-corrected chi connectivity index (χ2v) is 6.50. The van der Waals surface area contributed by atoms with E-state index in [1.165, 1.54) is 12.3 Å². The van der Waals surface area contributed by atoms with Crippen LogP contribution in [0.3, 0.4) is 0 Å². The maximum atomic E-state index is 11.7. The van der Waals surface area contributed by atoms with E-state index in [1.807, 2.05) is 15.8 Å². The summed E-state index contributed by atoms with van der Waals surface area (Å²) in [6.07, 6.45) is 2.06. The van der Waals surface area contributed by atoms with Gasteiger partial charge in [-0.1, -0.05) is 0 Å². The summed E-state index contributed by atoms with van der Waals surface area (Å²) in [7, 11) is 0. The topological polar surface area (TPSA) is 118 Å². The first kappa shape index (κ1) is 17.2. The summed E-state index contributed by atoms with van der Waals surface area (Å²) in [5.74, 6) is -0.302. The van der Waals surface area contributed by atoms with Crippen molar-refractivity contribution in [3.63, 3.8) is 0 Å². The average molecular weight is 362 g/mol. The number of amides is 1. The van der Waals surface area contributed by atoms with Crippen molar-refractivity contribution in [3.8, 4) is 0 Å². The fourth-order valence-corrected chi connectivity index (χ4v) is 3.41. The molecule has 1 saturated heterocycles. The number of anilines is 1. The molecular weight excluding hydrogens is 344 g/mol. The Morgan fingerprint density at radius 3 is 2.84 bits per heavy atom. The van der Waals surface area contributed by atoms with E-state index in [0.29, 0.717) is 18.9 Å². The molecule has 2 N–H and O–H groups in total. The minimum Gasteiger partial charge on any atom is -0.365 e. The molecule has 0 bridgehead atoms. The van der Waals surface area contributed by atoms with E-state index in [2.05, 4.69) is 14.9 Å². The van der Waals surface area contributed by atoms with Crippen molar-refractivity contribution >= 4 is 28.7 Å². The molecule has 25 heavy (non-hydrogen) atoms. The Balaban J connectivity index is 1.75. The van der Waals surface area contributed by atoms with Crippen molar-refractivity contribution in [2.24, 2.45) is 5.73 Å². The van der Waals surface area contributed by atoms with Crippen LogP contribution in [-0.4, -0.2) is 51.9 Å². The number of nitrogens with two attached hydrogens (primary N) is 1. The van der Waals surface area contributed by atoms with Gasteiger partial charge in [-0.15, -0.1) is 11.3 Å². The number of pyridine rings is 1. The van der Waals surface area contributed by atoms with Gasteiger partial charge in [-0.2, -0.15) is 0 Å². The number of hydrogen-bond acceptors (Lipinski definition) is 8. The lowest BCUT2D eigenvalue weighted by Crippen LogP contribution is -2.32. The smallest absolute Gasteiger partial charge is 0.288 e. The number of rotatable bonds is 5. The predicted octanol–water partition coefficient (Wildman–Crippen LogP) is 1.26. The van der Waals surface area contributed by atoms with E-state index in [1.54, 1.807) is 11.3 Å². The first-order chi connectivity index (χ1) is 12.0. The molecule has 2 aromatic heterocycles. The van der Waals surface area contributed by atoms with Crippen LogP contribution in [0.15, 0.2) is 23.2 Å². The molecule has 9 nitrogen and oxygen atoms in total. The van der Waals surface area contributed by atoms with E-state index >= 15 is 0 Å². The molecule has 10 heteroatoms. The van der Waals surface area contributed by atoms with Gasteiger partial charge in [0.05, 0.1) is 21.7 Å². The van der Waals surface area contributed by atoms with Gasteiger partial charge in [0, 0.05) is 44.2 Å². The van der Waals surface area contributed by atoms with E-state index in [9.17, 15) is 14.9 Å². The number of nitrogens with zero attached hydrogens (tertiary/aromatic N) is 5. The number of carbonyl (C=O) groups excluding carboxylic acids is 1. The highest BCUT2D eigenvalue weighted by Crippen LogP contribution is 2.23. The number of nitro groups is 1. The van der Waals surface area contributed by atoms with Crippen LogP contribution < -0.4 is 10.6 Å². The molecule has 0 radical (unpaired) electrons. The van der Waals surface area contributed by atoms with Gasteiger partial charge in [-0.25, -0.2) is 9.97 Å². The highest BCUT2D eigenvalue weighted by atomic mass is 32.1. The molecule has 1 aliphatic heterocycles. The normalized spacial score (nSPS) is 15.8. The molecule has 0 spiro atoms. The summed E-state index contributed by atoms with van der Waals surface area (Å²) >= 11 is 1.57. The summed E-state index contributed by atoms with van der Waals surface area (Å²) in [4.78, 5) is 34.7. The second kappa shape index (κ2) is 7.53. The van der Waals surface area contributed by atoms with Gasteiger partial charge in [0.2, 0.25) is 0 Å². The molecule has 1 fully saturated rings. The van der Waals surface area contributed by atoms with Crippen molar-refractivity contribution < 1.29 is 9.72 Å². The fraction of sp³-hybridized carbons (Fsp3) is 0.400. The highest BCUT2D eigenvalue weighted by Gasteiger charge is 2.23. The third-order valence-electron chi connectivity index (χ3n) is 4.09. The lowest BCUT2D eigenvalue weighted by Gasteiger charge is -2.23. The molecule has 132 valence electrons. The Kier molecular flexibility index (Phi) is 5.19. The zero-order chi connectivity index (χ0) is 17.8. The minimum atomic E-state index is -0.713. The molecule has 1 amide bonds. The van der Waals surface area contributed by atoms with Gasteiger partial charge >= 0.3 is 0 Å². The average Bonchev–Trinajstić information content (AvgIpc) is 2.99. The van der Waals surface area contributed by atoms with Crippen LogP contribution in [0.25, 0.3) is 0 Å². The van der Waals surface area contributed by atoms with Crippen LogP contribution in [0.1, 0.15) is 22.5 Å². The number of aromatic nitrogens is 2. The van der Waals surface area contributed by atoms with Crippen LogP contribution in [0.4, 0.5) is 11.5 Å². The first-order valence-corrected chi connectivity index (χ1v) is 8.77. The van der Waals surface area contributed by atoms with Gasteiger partial charge in [0.15, 0.2) is 0 Å². The molecule has 1 aliphatic rings. The summed E-state index contributed by atoms with van der Waals surface area (Å²) in [5, 5.41) is 12.9. The molecule has 0 aliphatic carbocycles. The third-order valence-corrected chi connectivity index (χ3v) is 4.72. The standard InChI is InChI=1S/C15H18N6O3S/c16-14(22)13-6-12(21(23)24)7-17-15(13)20-3-1-2-19(4-5-20)8-11-9-25-10-18-11/h6-7,9-10H,1-5,8H2,(H2,16,22). The van der Waals surface area contributed by atoms with Crippen molar-refractivity contribution in [3.05, 3.63) is 44.5 Å². The Morgan fingerprint density at radius 1 is 1.32 bits per heavy atom. The Morgan fingerprint density at radius 2 is 2.16 bits per heavy atom. The zero-order valence-corrected chi connectivity index (χ0v) is 14.3. The third kappa shape index (κ3) is 4.09. The molecule has 0 unspecified atom stereocenters. The van der Waals surface area contributed by atoms with Crippen molar-refractivity contribution in [2.75, 3.05) is 31.1 Å². The maximum absolute atomic E-state index is 11.7. The quantitative estimate of drug-likeness (QED) is 0.628. The second-order valence-electron chi connectivity index (χ2n) is 5.78. The van der Waals surface area contributed by atoms with Crippen molar-refractivity contribution in [1.29, 1.82) is 0 Å². The molecule has 3 heterocycles. The lowest BCUT2D eigenvalue weighted by molar-refractivity contribution is -0.385. The molecular formula is C15H18N6O3S. The molecule has 0 saturated carbocycles. The van der Waals surface area contributed by atoms with Crippen molar-refractivity contribution in [2.45, 2.75) is 13.0 Å². The Bertz CT molecular complexity index is 767. The van der Waals surface area contributed by atoms with Crippen LogP contribution >= 0.6 is 11.3 Å². The summed E-state index contributed by atoms with van der Waals surface area (Å²) < 4.78 is 0. The van der Waals surface area contributed by atoms with Gasteiger partial charge in [-0.05, 0) is 6.42 Å². The van der Waals surface area contributed by atoms with E-state index in [0.717, 1.165) is 31.7 Å². The summed E-state index contributed by atoms with van der Waals surface area (Å²) in [6.45, 7) is 3.85. The van der Waals surface area contributed by atoms with Gasteiger partial charge in [-0.3, -0.25) is 19.8 Å². The molecule has 0 atom stereocenters. The Hall–Kier alpha value is -2.59. The lowest BCUT2D eigenvalue weighted by atomic mass is 10.2. The SMILES string of the molecule is NC(=O)c1cc([N+](=O)[O-])cnc1N1CCCN(Cc2cscn2)CC1. The van der Waals surface area contributed by atoms with E-state index in [4.69, 9.17) is 5.73 Å². The predicted molar refractivity (Wildman–Crippen MR) is 93.6 cm³/mol. The Labute approximate surface area is 148 Å². The van der Waals surface area contributed by atoms with Gasteiger partial charge in [0.1, 0.15) is 12.0 Å². The van der Waals surface area contributed by atoms with E-state index < -0.39 is 10.8 Å². The van der Waals surface area contributed by atoms with Gasteiger partial charge in [0.25, 0.3) is 11.6 Å². The number of carbonyl (C=O) groups is 1. The zero-order valence-electron chi connectivity index (χ0n) is 13.5. The molecule has 3 rings (SSSR count). The van der Waals surface area contributed by atoms with Crippen LogP contribution in [0, 0.1) is 10.1 Å². The maximum Gasteiger partial charge on any atom is 0.288 e. The first-order valence-electron chi connectivity index (χ1n) is 7.83.